The molecule has 8 heteroatoms. The molecular weight excluding hydrogens is 378 g/mol. The molecule has 0 radical (unpaired) electrons. The van der Waals surface area contributed by atoms with Crippen LogP contribution >= 0.6 is 0 Å². The molecule has 1 aliphatic rings. The molecule has 0 bridgehead atoms. The van der Waals surface area contributed by atoms with Gasteiger partial charge in [-0.3, -0.25) is 0 Å². The molecular formula is C20H21N3O4S. The number of nitrogens with zero attached hydrogens (tertiary/aromatic N) is 3. The summed E-state index contributed by atoms with van der Waals surface area (Å²) >= 11 is 0. The Balaban J connectivity index is 1.61. The number of rotatable bonds is 5. The molecule has 1 unspecified atom stereocenters. The van der Waals surface area contributed by atoms with E-state index >= 15 is 0 Å². The van der Waals surface area contributed by atoms with Crippen LogP contribution in [0.3, 0.4) is 0 Å². The summed E-state index contributed by atoms with van der Waals surface area (Å²) in [6.07, 6.45) is 1.39. The average molecular weight is 399 g/mol. The first-order valence-corrected chi connectivity index (χ1v) is 10.5. The fraction of sp³-hybridized carbons (Fsp3) is 0.300. The van der Waals surface area contributed by atoms with Crippen molar-refractivity contribution in [2.75, 3.05) is 13.7 Å². The van der Waals surface area contributed by atoms with Gasteiger partial charge in [-0.2, -0.15) is 9.29 Å². The van der Waals surface area contributed by atoms with Gasteiger partial charge >= 0.3 is 0 Å². The molecule has 28 heavy (non-hydrogen) atoms. The Hall–Kier alpha value is -2.71. The van der Waals surface area contributed by atoms with Crippen LogP contribution in [-0.4, -0.2) is 36.5 Å². The predicted octanol–water partition coefficient (Wildman–Crippen LogP) is 3.58. The Bertz CT molecular complexity index is 1060. The van der Waals surface area contributed by atoms with Crippen LogP contribution in [0.1, 0.15) is 30.3 Å². The molecule has 0 spiro atoms. The van der Waals surface area contributed by atoms with E-state index in [0.29, 0.717) is 24.7 Å². The lowest BCUT2D eigenvalue weighted by Gasteiger charge is -2.21. The predicted molar refractivity (Wildman–Crippen MR) is 103 cm³/mol. The van der Waals surface area contributed by atoms with Gasteiger partial charge < -0.3 is 9.26 Å². The zero-order chi connectivity index (χ0) is 19.7. The first-order valence-electron chi connectivity index (χ1n) is 9.05. The largest absolute Gasteiger partial charge is 0.497 e. The van der Waals surface area contributed by atoms with Gasteiger partial charge in [0.15, 0.2) is 0 Å². The van der Waals surface area contributed by atoms with E-state index in [-0.39, 0.29) is 4.90 Å². The quantitative estimate of drug-likeness (QED) is 0.652. The molecule has 7 nitrogen and oxygen atoms in total. The molecule has 3 aromatic rings. The lowest BCUT2D eigenvalue weighted by atomic mass is 10.2. The molecule has 0 amide bonds. The van der Waals surface area contributed by atoms with E-state index in [4.69, 9.17) is 9.26 Å². The molecule has 146 valence electrons. The smallest absolute Gasteiger partial charge is 0.245 e. The average Bonchev–Trinajstić information content (AvgIpc) is 3.38. The van der Waals surface area contributed by atoms with Gasteiger partial charge in [0.05, 0.1) is 12.0 Å². The number of hydrogen-bond donors (Lipinski definition) is 0. The maximum absolute atomic E-state index is 13.1. The zero-order valence-corrected chi connectivity index (χ0v) is 16.5. The highest BCUT2D eigenvalue weighted by molar-refractivity contribution is 7.89. The number of hydrogen-bond acceptors (Lipinski definition) is 6. The van der Waals surface area contributed by atoms with E-state index in [1.165, 1.54) is 4.31 Å². The molecule has 1 aliphatic heterocycles. The summed E-state index contributed by atoms with van der Waals surface area (Å²) in [6, 6.07) is 13.7. The number of aryl methyl sites for hydroxylation is 1. The highest BCUT2D eigenvalue weighted by Crippen LogP contribution is 2.36. The normalized spacial score (nSPS) is 17.7. The molecule has 1 aromatic heterocycles. The van der Waals surface area contributed by atoms with E-state index in [2.05, 4.69) is 10.1 Å². The van der Waals surface area contributed by atoms with Crippen molar-refractivity contribution in [3.05, 3.63) is 60.0 Å². The van der Waals surface area contributed by atoms with Gasteiger partial charge in [-0.1, -0.05) is 22.9 Å². The van der Waals surface area contributed by atoms with E-state index in [9.17, 15) is 8.42 Å². The molecule has 0 aliphatic carbocycles. The topological polar surface area (TPSA) is 85.5 Å². The van der Waals surface area contributed by atoms with Crippen LogP contribution in [0.2, 0.25) is 0 Å². The van der Waals surface area contributed by atoms with Crippen LogP contribution in [0.5, 0.6) is 5.75 Å². The lowest BCUT2D eigenvalue weighted by Crippen LogP contribution is -2.30. The zero-order valence-electron chi connectivity index (χ0n) is 15.7. The lowest BCUT2D eigenvalue weighted by molar-refractivity contribution is 0.290. The Labute approximate surface area is 164 Å². The standard InChI is InChI=1S/C20H21N3O4S/c1-14-5-11-17(12-6-14)28(24,25)23-13-3-4-18(23)20-21-19(22-27-20)15-7-9-16(26-2)10-8-15/h5-12,18H,3-4,13H2,1-2H3. The summed E-state index contributed by atoms with van der Waals surface area (Å²) in [6.45, 7) is 2.36. The maximum atomic E-state index is 13.1. The molecule has 2 heterocycles. The number of sulfonamides is 1. The first-order chi connectivity index (χ1) is 13.5. The summed E-state index contributed by atoms with van der Waals surface area (Å²) in [4.78, 5) is 4.74. The van der Waals surface area contributed by atoms with Crippen LogP contribution in [-0.2, 0) is 10.0 Å². The maximum Gasteiger partial charge on any atom is 0.245 e. The third kappa shape index (κ3) is 3.41. The summed E-state index contributed by atoms with van der Waals surface area (Å²) in [5, 5.41) is 4.04. The van der Waals surface area contributed by atoms with Gasteiger partial charge in [0.1, 0.15) is 11.8 Å². The van der Waals surface area contributed by atoms with Gasteiger partial charge in [0.25, 0.3) is 0 Å². The van der Waals surface area contributed by atoms with E-state index < -0.39 is 16.1 Å². The van der Waals surface area contributed by atoms with Crippen LogP contribution in [0.25, 0.3) is 11.4 Å². The third-order valence-electron chi connectivity index (χ3n) is 4.91. The van der Waals surface area contributed by atoms with Gasteiger partial charge in [-0.25, -0.2) is 8.42 Å². The Morgan fingerprint density at radius 3 is 2.50 bits per heavy atom. The van der Waals surface area contributed by atoms with E-state index in [0.717, 1.165) is 23.3 Å². The summed E-state index contributed by atoms with van der Waals surface area (Å²) < 4.78 is 38.3. The van der Waals surface area contributed by atoms with Gasteiger partial charge in [-0.15, -0.1) is 0 Å². The van der Waals surface area contributed by atoms with Crippen molar-refractivity contribution >= 4 is 10.0 Å². The second-order valence-electron chi connectivity index (χ2n) is 6.77. The summed E-state index contributed by atoms with van der Waals surface area (Å²) in [5.74, 6) is 1.48. The van der Waals surface area contributed by atoms with Crippen molar-refractivity contribution in [1.29, 1.82) is 0 Å². The minimum absolute atomic E-state index is 0.278. The number of methoxy groups -OCH3 is 1. The van der Waals surface area contributed by atoms with Gasteiger partial charge in [-0.05, 0) is 56.2 Å². The number of ether oxygens (including phenoxy) is 1. The van der Waals surface area contributed by atoms with Gasteiger partial charge in [0.2, 0.25) is 21.7 Å². The highest BCUT2D eigenvalue weighted by atomic mass is 32.2. The Kier molecular flexibility index (Phi) is 4.91. The van der Waals surface area contributed by atoms with Crippen molar-refractivity contribution < 1.29 is 17.7 Å². The van der Waals surface area contributed by atoms with Crippen molar-refractivity contribution in [3.8, 4) is 17.1 Å². The van der Waals surface area contributed by atoms with E-state index in [1.807, 2.05) is 31.2 Å². The van der Waals surface area contributed by atoms with Crippen LogP contribution in [0.4, 0.5) is 0 Å². The van der Waals surface area contributed by atoms with Crippen molar-refractivity contribution in [3.63, 3.8) is 0 Å². The van der Waals surface area contributed by atoms with Gasteiger partial charge in [0, 0.05) is 12.1 Å². The molecule has 1 saturated heterocycles. The van der Waals surface area contributed by atoms with Crippen LogP contribution < -0.4 is 4.74 Å². The van der Waals surface area contributed by atoms with Crippen molar-refractivity contribution in [2.24, 2.45) is 0 Å². The molecule has 1 fully saturated rings. The minimum atomic E-state index is -3.63. The van der Waals surface area contributed by atoms with Crippen LogP contribution in [0, 0.1) is 6.92 Å². The van der Waals surface area contributed by atoms with Crippen molar-refractivity contribution in [2.45, 2.75) is 30.7 Å². The highest BCUT2D eigenvalue weighted by Gasteiger charge is 2.39. The number of benzene rings is 2. The summed E-state index contributed by atoms with van der Waals surface area (Å²) in [5.41, 5.74) is 1.79. The first kappa shape index (κ1) is 18.6. The van der Waals surface area contributed by atoms with Crippen LogP contribution in [0.15, 0.2) is 57.9 Å². The summed E-state index contributed by atoms with van der Waals surface area (Å²) in [7, 11) is -2.03. The fourth-order valence-corrected chi connectivity index (χ4v) is 5.00. The Morgan fingerprint density at radius 1 is 1.11 bits per heavy atom. The SMILES string of the molecule is COc1ccc(-c2noc(C3CCCN3S(=O)(=O)c3ccc(C)cc3)n2)cc1. The minimum Gasteiger partial charge on any atom is -0.497 e. The van der Waals surface area contributed by atoms with Crippen molar-refractivity contribution in [1.82, 2.24) is 14.4 Å². The molecule has 2 aromatic carbocycles. The molecule has 1 atom stereocenters. The second kappa shape index (κ2) is 7.37. The third-order valence-corrected chi connectivity index (χ3v) is 6.83. The second-order valence-corrected chi connectivity index (χ2v) is 8.66. The fourth-order valence-electron chi connectivity index (χ4n) is 3.35. The van der Waals surface area contributed by atoms with E-state index in [1.54, 1.807) is 31.4 Å². The Morgan fingerprint density at radius 2 is 1.82 bits per heavy atom. The molecule has 4 rings (SSSR count). The monoisotopic (exact) mass is 399 g/mol. The molecule has 0 saturated carbocycles. The molecule has 0 N–H and O–H groups in total. The number of aromatic nitrogens is 2.